The molecule has 3 nitrogen and oxygen atoms in total. The molecule has 1 unspecified atom stereocenters. The smallest absolute Gasteiger partial charge is 0.128 e. The Morgan fingerprint density at radius 2 is 1.81 bits per heavy atom. The molecule has 0 saturated heterocycles. The molecule has 0 radical (unpaired) electrons. The maximum Gasteiger partial charge on any atom is 0.128 e. The van der Waals surface area contributed by atoms with Crippen LogP contribution >= 0.6 is 0 Å². The van der Waals surface area contributed by atoms with Gasteiger partial charge in [-0.2, -0.15) is 0 Å². The summed E-state index contributed by atoms with van der Waals surface area (Å²) in [4.78, 5) is 4.46. The van der Waals surface area contributed by atoms with Crippen LogP contribution in [0.5, 0.6) is 0 Å². The van der Waals surface area contributed by atoms with E-state index in [0.717, 1.165) is 29.1 Å². The van der Waals surface area contributed by atoms with Gasteiger partial charge >= 0.3 is 0 Å². The topological polar surface area (TPSA) is 50.9 Å². The van der Waals surface area contributed by atoms with Crippen LogP contribution in [0.25, 0.3) is 10.9 Å². The van der Waals surface area contributed by atoms with E-state index in [0.29, 0.717) is 5.69 Å². The Bertz CT molecular complexity index is 789. The molecule has 0 bridgehead atoms. The van der Waals surface area contributed by atoms with Crippen molar-refractivity contribution in [2.75, 3.05) is 0 Å². The molecule has 0 aliphatic heterocycles. The van der Waals surface area contributed by atoms with E-state index in [4.69, 9.17) is 5.84 Å². The molecule has 0 aliphatic carbocycles. The van der Waals surface area contributed by atoms with Crippen LogP contribution in [0.3, 0.4) is 0 Å². The minimum absolute atomic E-state index is 0.125. The summed E-state index contributed by atoms with van der Waals surface area (Å²) >= 11 is 0. The van der Waals surface area contributed by atoms with Crippen LogP contribution < -0.4 is 11.3 Å². The third-order valence-electron chi connectivity index (χ3n) is 3.35. The second kappa shape index (κ2) is 5.55. The molecule has 0 spiro atoms. The number of hydrogen-bond acceptors (Lipinski definition) is 3. The highest BCUT2D eigenvalue weighted by molar-refractivity contribution is 5.78. The predicted molar refractivity (Wildman–Crippen MR) is 77.3 cm³/mol. The van der Waals surface area contributed by atoms with Gasteiger partial charge in [-0.05, 0) is 30.3 Å². The van der Waals surface area contributed by atoms with Gasteiger partial charge in [0.15, 0.2) is 0 Å². The van der Waals surface area contributed by atoms with Crippen LogP contribution in [0.1, 0.15) is 17.3 Å². The Balaban J connectivity index is 2.11. The number of para-hydroxylation sites is 1. The van der Waals surface area contributed by atoms with Gasteiger partial charge in [0, 0.05) is 10.9 Å². The largest absolute Gasteiger partial charge is 0.271 e. The Morgan fingerprint density at radius 3 is 2.62 bits per heavy atom. The third kappa shape index (κ3) is 2.61. The molecule has 0 fully saturated rings. The van der Waals surface area contributed by atoms with Gasteiger partial charge < -0.3 is 0 Å². The molecule has 5 heteroatoms. The molecule has 0 saturated carbocycles. The van der Waals surface area contributed by atoms with Crippen LogP contribution in [-0.4, -0.2) is 4.98 Å². The molecule has 3 aromatic rings. The van der Waals surface area contributed by atoms with Gasteiger partial charge in [0.2, 0.25) is 0 Å². The highest BCUT2D eigenvalue weighted by Gasteiger charge is 2.19. The first-order chi connectivity index (χ1) is 10.2. The number of hydrazine groups is 1. The number of aromatic nitrogens is 1. The van der Waals surface area contributed by atoms with E-state index in [2.05, 4.69) is 10.4 Å². The van der Waals surface area contributed by atoms with Crippen molar-refractivity contribution in [2.24, 2.45) is 5.84 Å². The van der Waals surface area contributed by atoms with Crippen molar-refractivity contribution in [3.63, 3.8) is 0 Å². The molecule has 3 N–H and O–H groups in total. The number of fused-ring (bicyclic) bond motifs is 1. The monoisotopic (exact) mass is 285 g/mol. The lowest BCUT2D eigenvalue weighted by molar-refractivity contribution is 0.540. The van der Waals surface area contributed by atoms with Crippen molar-refractivity contribution in [1.29, 1.82) is 0 Å². The van der Waals surface area contributed by atoms with Crippen molar-refractivity contribution in [2.45, 2.75) is 6.04 Å². The van der Waals surface area contributed by atoms with E-state index < -0.39 is 17.7 Å². The first kappa shape index (κ1) is 13.6. The normalized spacial score (nSPS) is 12.5. The zero-order valence-corrected chi connectivity index (χ0v) is 11.1. The molecule has 0 amide bonds. The number of nitrogens with one attached hydrogen (secondary N) is 1. The Labute approximate surface area is 120 Å². The van der Waals surface area contributed by atoms with E-state index in [1.165, 1.54) is 0 Å². The van der Waals surface area contributed by atoms with E-state index in [1.54, 1.807) is 6.07 Å². The maximum absolute atomic E-state index is 13.9. The average molecular weight is 285 g/mol. The fourth-order valence-electron chi connectivity index (χ4n) is 2.31. The average Bonchev–Trinajstić information content (AvgIpc) is 2.51. The second-order valence-electron chi connectivity index (χ2n) is 4.69. The fourth-order valence-corrected chi connectivity index (χ4v) is 2.31. The lowest BCUT2D eigenvalue weighted by Gasteiger charge is -2.17. The van der Waals surface area contributed by atoms with Crippen LogP contribution in [0, 0.1) is 11.6 Å². The summed E-state index contributed by atoms with van der Waals surface area (Å²) in [5, 5.41) is 0.969. The van der Waals surface area contributed by atoms with Crippen molar-refractivity contribution in [3.05, 3.63) is 77.5 Å². The number of halogens is 2. The quantitative estimate of drug-likeness (QED) is 0.574. The van der Waals surface area contributed by atoms with Gasteiger partial charge in [-0.25, -0.2) is 14.2 Å². The van der Waals surface area contributed by atoms with E-state index in [-0.39, 0.29) is 5.56 Å². The highest BCUT2D eigenvalue weighted by Crippen LogP contribution is 2.25. The van der Waals surface area contributed by atoms with Crippen molar-refractivity contribution >= 4 is 10.9 Å². The number of benzene rings is 2. The molecular weight excluding hydrogens is 272 g/mol. The van der Waals surface area contributed by atoms with Crippen LogP contribution in [0.2, 0.25) is 0 Å². The minimum Gasteiger partial charge on any atom is -0.271 e. The number of pyridine rings is 1. The molecule has 21 heavy (non-hydrogen) atoms. The fraction of sp³-hybridized carbons (Fsp3) is 0.0625. The van der Waals surface area contributed by atoms with Crippen LogP contribution in [0.15, 0.2) is 54.6 Å². The lowest BCUT2D eigenvalue weighted by atomic mass is 10.0. The lowest BCUT2D eigenvalue weighted by Crippen LogP contribution is -2.30. The standard InChI is InChI=1S/C16H13F2N3/c17-11-6-7-13(18)12(9-11)16(21-19)15-8-5-10-3-1-2-4-14(10)20-15/h1-9,16,21H,19H2. The summed E-state index contributed by atoms with van der Waals surface area (Å²) in [6.45, 7) is 0. The number of nitrogens with zero attached hydrogens (tertiary/aromatic N) is 1. The molecule has 1 atom stereocenters. The van der Waals surface area contributed by atoms with E-state index >= 15 is 0 Å². The maximum atomic E-state index is 13.9. The SMILES string of the molecule is NNC(c1ccc2ccccc2n1)c1cc(F)ccc1F. The third-order valence-corrected chi connectivity index (χ3v) is 3.35. The van der Waals surface area contributed by atoms with Crippen molar-refractivity contribution in [3.8, 4) is 0 Å². The van der Waals surface area contributed by atoms with Crippen molar-refractivity contribution < 1.29 is 8.78 Å². The number of rotatable bonds is 3. The second-order valence-corrected chi connectivity index (χ2v) is 4.69. The highest BCUT2D eigenvalue weighted by atomic mass is 19.1. The number of hydrogen-bond donors (Lipinski definition) is 2. The van der Waals surface area contributed by atoms with Crippen LogP contribution in [0.4, 0.5) is 8.78 Å². The van der Waals surface area contributed by atoms with Gasteiger partial charge in [-0.3, -0.25) is 10.8 Å². The van der Waals surface area contributed by atoms with Gasteiger partial charge in [0.05, 0.1) is 17.3 Å². The van der Waals surface area contributed by atoms with Gasteiger partial charge in [-0.1, -0.05) is 24.3 Å². The van der Waals surface area contributed by atoms with Gasteiger partial charge in [-0.15, -0.1) is 0 Å². The summed E-state index contributed by atoms with van der Waals surface area (Å²) in [5.41, 5.74) is 3.92. The molecule has 0 aliphatic rings. The summed E-state index contributed by atoms with van der Waals surface area (Å²) in [7, 11) is 0. The van der Waals surface area contributed by atoms with Gasteiger partial charge in [0.1, 0.15) is 11.6 Å². The van der Waals surface area contributed by atoms with E-state index in [9.17, 15) is 8.78 Å². The predicted octanol–water partition coefficient (Wildman–Crippen LogP) is 3.07. The number of nitrogens with two attached hydrogens (primary N) is 1. The molecule has 1 heterocycles. The zero-order valence-electron chi connectivity index (χ0n) is 11.1. The van der Waals surface area contributed by atoms with Gasteiger partial charge in [0.25, 0.3) is 0 Å². The zero-order chi connectivity index (χ0) is 14.8. The molecule has 1 aromatic heterocycles. The molecule has 3 rings (SSSR count). The van der Waals surface area contributed by atoms with E-state index in [1.807, 2.05) is 30.3 Å². The Kier molecular flexibility index (Phi) is 3.60. The van der Waals surface area contributed by atoms with Crippen LogP contribution in [-0.2, 0) is 0 Å². The van der Waals surface area contributed by atoms with Crippen molar-refractivity contribution in [1.82, 2.24) is 10.4 Å². The summed E-state index contributed by atoms with van der Waals surface area (Å²) < 4.78 is 27.3. The first-order valence-corrected chi connectivity index (χ1v) is 6.46. The summed E-state index contributed by atoms with van der Waals surface area (Å²) in [5.74, 6) is 4.47. The summed E-state index contributed by atoms with van der Waals surface area (Å²) in [6, 6.07) is 13.7. The Hall–Kier alpha value is -2.37. The summed E-state index contributed by atoms with van der Waals surface area (Å²) in [6.07, 6.45) is 0. The Morgan fingerprint density at radius 1 is 1.00 bits per heavy atom. The first-order valence-electron chi connectivity index (χ1n) is 6.46. The molecule has 106 valence electrons. The minimum atomic E-state index is -0.717. The molecular formula is C16H13F2N3. The molecule has 2 aromatic carbocycles.